The normalized spacial score (nSPS) is 12.7. The number of nitrogens with two attached hydrogens (primary N) is 1. The third kappa shape index (κ3) is 2.77. The summed E-state index contributed by atoms with van der Waals surface area (Å²) in [4.78, 5) is 0. The lowest BCUT2D eigenvalue weighted by molar-refractivity contribution is 0.540. The maximum absolute atomic E-state index is 13.5. The van der Waals surface area contributed by atoms with E-state index in [1.54, 1.807) is 16.9 Å². The predicted octanol–water partition coefficient (Wildman–Crippen LogP) is 2.07. The second kappa shape index (κ2) is 5.60. The average Bonchev–Trinajstić information content (AvgIpc) is 2.76. The van der Waals surface area contributed by atoms with Crippen molar-refractivity contribution in [3.05, 3.63) is 52.0 Å². The Kier molecular flexibility index (Phi) is 4.11. The van der Waals surface area contributed by atoms with E-state index >= 15 is 0 Å². The minimum Gasteiger partial charge on any atom is -0.276 e. The van der Waals surface area contributed by atoms with Gasteiger partial charge in [0, 0.05) is 13.2 Å². The molecule has 0 aliphatic heterocycles. The second-order valence-electron chi connectivity index (χ2n) is 4.09. The van der Waals surface area contributed by atoms with Crippen LogP contribution in [-0.2, 0) is 13.5 Å². The summed E-state index contributed by atoms with van der Waals surface area (Å²) < 4.78 is 15.7. The molecule has 0 amide bonds. The van der Waals surface area contributed by atoms with Gasteiger partial charge in [0.25, 0.3) is 0 Å². The zero-order valence-electron chi connectivity index (χ0n) is 9.90. The van der Waals surface area contributed by atoms with E-state index in [0.29, 0.717) is 10.9 Å². The molecular weight excluding hydrogens is 299 g/mol. The maximum Gasteiger partial charge on any atom is 0.137 e. The molecular formula is C12H14BrFN4. The maximum atomic E-state index is 13.5. The number of aromatic nitrogens is 2. The molecule has 1 aromatic heterocycles. The van der Waals surface area contributed by atoms with Crippen LogP contribution in [0.2, 0.25) is 0 Å². The Morgan fingerprint density at radius 1 is 1.56 bits per heavy atom. The van der Waals surface area contributed by atoms with Gasteiger partial charge in [0.05, 0.1) is 16.7 Å². The van der Waals surface area contributed by atoms with Crippen LogP contribution in [0.4, 0.5) is 4.39 Å². The van der Waals surface area contributed by atoms with E-state index in [1.165, 1.54) is 6.07 Å². The summed E-state index contributed by atoms with van der Waals surface area (Å²) >= 11 is 3.25. The Bertz CT molecular complexity index is 541. The molecule has 4 nitrogen and oxygen atoms in total. The molecule has 0 bridgehead atoms. The van der Waals surface area contributed by atoms with Crippen LogP contribution in [0, 0.1) is 5.82 Å². The van der Waals surface area contributed by atoms with Gasteiger partial charge < -0.3 is 0 Å². The first-order valence-electron chi connectivity index (χ1n) is 5.49. The Morgan fingerprint density at radius 3 is 2.94 bits per heavy atom. The molecule has 18 heavy (non-hydrogen) atoms. The van der Waals surface area contributed by atoms with Crippen LogP contribution in [0.5, 0.6) is 0 Å². The monoisotopic (exact) mass is 312 g/mol. The topological polar surface area (TPSA) is 55.9 Å². The van der Waals surface area contributed by atoms with Gasteiger partial charge in [0.2, 0.25) is 0 Å². The van der Waals surface area contributed by atoms with Crippen LogP contribution in [0.3, 0.4) is 0 Å². The molecule has 1 heterocycles. The van der Waals surface area contributed by atoms with Gasteiger partial charge in [-0.25, -0.2) is 4.39 Å². The number of nitrogens with one attached hydrogen (secondary N) is 1. The highest BCUT2D eigenvalue weighted by atomic mass is 79.9. The summed E-state index contributed by atoms with van der Waals surface area (Å²) in [6.45, 7) is 0. The van der Waals surface area contributed by atoms with Crippen LogP contribution in [0.15, 0.2) is 35.1 Å². The van der Waals surface area contributed by atoms with Gasteiger partial charge in [0.15, 0.2) is 0 Å². The number of rotatable bonds is 4. The molecule has 0 spiro atoms. The van der Waals surface area contributed by atoms with Crippen molar-refractivity contribution < 1.29 is 4.39 Å². The van der Waals surface area contributed by atoms with Gasteiger partial charge in [-0.15, -0.1) is 0 Å². The van der Waals surface area contributed by atoms with Crippen molar-refractivity contribution in [1.82, 2.24) is 15.2 Å². The van der Waals surface area contributed by atoms with Gasteiger partial charge in [-0.2, -0.15) is 5.10 Å². The number of halogens is 2. The number of nitrogens with zero attached hydrogens (tertiary/aromatic N) is 2. The van der Waals surface area contributed by atoms with Crippen LogP contribution >= 0.6 is 15.9 Å². The van der Waals surface area contributed by atoms with Gasteiger partial charge in [-0.1, -0.05) is 12.1 Å². The van der Waals surface area contributed by atoms with Crippen LogP contribution < -0.4 is 11.3 Å². The molecule has 1 aromatic carbocycles. The summed E-state index contributed by atoms with van der Waals surface area (Å²) in [5.74, 6) is 5.27. The first kappa shape index (κ1) is 13.2. The van der Waals surface area contributed by atoms with Gasteiger partial charge in [-0.05, 0) is 39.5 Å². The minimum atomic E-state index is -0.293. The van der Waals surface area contributed by atoms with Crippen LogP contribution in [0.1, 0.15) is 17.2 Å². The van der Waals surface area contributed by atoms with Gasteiger partial charge in [0.1, 0.15) is 5.82 Å². The Balaban J connectivity index is 2.25. The molecule has 0 fully saturated rings. The fourth-order valence-corrected chi connectivity index (χ4v) is 2.40. The van der Waals surface area contributed by atoms with E-state index in [2.05, 4.69) is 26.5 Å². The highest BCUT2D eigenvalue weighted by Gasteiger charge is 2.16. The quantitative estimate of drug-likeness (QED) is 0.671. The third-order valence-corrected chi connectivity index (χ3v) is 3.59. The van der Waals surface area contributed by atoms with Crippen molar-refractivity contribution in [2.75, 3.05) is 0 Å². The molecule has 0 radical (unpaired) electrons. The van der Waals surface area contributed by atoms with Crippen molar-refractivity contribution >= 4 is 15.9 Å². The highest BCUT2D eigenvalue weighted by molar-refractivity contribution is 9.10. The van der Waals surface area contributed by atoms with Crippen molar-refractivity contribution in [2.24, 2.45) is 12.9 Å². The SMILES string of the molecule is Cn1cc(CC(NN)c2cccc(F)c2Br)cn1. The summed E-state index contributed by atoms with van der Waals surface area (Å²) in [6, 6.07) is 4.75. The number of hydrogen-bond donors (Lipinski definition) is 2. The van der Waals surface area contributed by atoms with E-state index in [4.69, 9.17) is 5.84 Å². The first-order chi connectivity index (χ1) is 8.61. The summed E-state index contributed by atoms with van der Waals surface area (Å²) in [6.07, 6.45) is 4.33. The van der Waals surface area contributed by atoms with E-state index in [-0.39, 0.29) is 11.9 Å². The lowest BCUT2D eigenvalue weighted by Gasteiger charge is -2.17. The average molecular weight is 313 g/mol. The standard InChI is InChI=1S/C12H14BrFN4/c1-18-7-8(6-16-18)5-11(17-15)9-3-2-4-10(14)12(9)13/h2-4,6-7,11,17H,5,15H2,1H3. The summed E-state index contributed by atoms with van der Waals surface area (Å²) in [7, 11) is 1.85. The summed E-state index contributed by atoms with van der Waals surface area (Å²) in [5, 5.41) is 4.10. The fourth-order valence-electron chi connectivity index (χ4n) is 1.86. The molecule has 0 aliphatic carbocycles. The molecule has 0 saturated heterocycles. The largest absolute Gasteiger partial charge is 0.276 e. The van der Waals surface area contributed by atoms with Crippen molar-refractivity contribution in [2.45, 2.75) is 12.5 Å². The zero-order chi connectivity index (χ0) is 13.1. The van der Waals surface area contributed by atoms with Crippen LogP contribution in [0.25, 0.3) is 0 Å². The van der Waals surface area contributed by atoms with E-state index < -0.39 is 0 Å². The molecule has 2 rings (SSSR count). The molecule has 96 valence electrons. The van der Waals surface area contributed by atoms with Crippen LogP contribution in [-0.4, -0.2) is 9.78 Å². The van der Waals surface area contributed by atoms with E-state index in [0.717, 1.165) is 11.1 Å². The molecule has 3 N–H and O–H groups in total. The third-order valence-electron chi connectivity index (χ3n) is 2.76. The van der Waals surface area contributed by atoms with Gasteiger partial charge >= 0.3 is 0 Å². The minimum absolute atomic E-state index is 0.167. The molecule has 2 aromatic rings. The fraction of sp³-hybridized carbons (Fsp3) is 0.250. The number of hydrazine groups is 1. The van der Waals surface area contributed by atoms with E-state index in [1.807, 2.05) is 19.3 Å². The first-order valence-corrected chi connectivity index (χ1v) is 6.28. The summed E-state index contributed by atoms with van der Waals surface area (Å²) in [5.41, 5.74) is 4.54. The Morgan fingerprint density at radius 2 is 2.33 bits per heavy atom. The molecule has 0 saturated carbocycles. The molecule has 1 atom stereocenters. The molecule has 0 aliphatic rings. The lowest BCUT2D eigenvalue weighted by Crippen LogP contribution is -2.29. The lowest BCUT2D eigenvalue weighted by atomic mass is 10.0. The smallest absolute Gasteiger partial charge is 0.137 e. The van der Waals surface area contributed by atoms with Crippen molar-refractivity contribution in [3.63, 3.8) is 0 Å². The highest BCUT2D eigenvalue weighted by Crippen LogP contribution is 2.27. The molecule has 6 heteroatoms. The van der Waals surface area contributed by atoms with Crippen molar-refractivity contribution in [3.8, 4) is 0 Å². The predicted molar refractivity (Wildman–Crippen MR) is 71.1 cm³/mol. The van der Waals surface area contributed by atoms with E-state index in [9.17, 15) is 4.39 Å². The second-order valence-corrected chi connectivity index (χ2v) is 4.88. The van der Waals surface area contributed by atoms with Crippen molar-refractivity contribution in [1.29, 1.82) is 0 Å². The zero-order valence-corrected chi connectivity index (χ0v) is 11.5. The molecule has 1 unspecified atom stereocenters. The number of aryl methyl sites for hydroxylation is 1. The Hall–Kier alpha value is -1.24. The number of hydrogen-bond acceptors (Lipinski definition) is 3. The van der Waals surface area contributed by atoms with Gasteiger partial charge in [-0.3, -0.25) is 16.0 Å². The Labute approximate surface area is 113 Å². The number of benzene rings is 1.